The first-order chi connectivity index (χ1) is 10.6. The van der Waals surface area contributed by atoms with Crippen LogP contribution in [-0.2, 0) is 6.54 Å². The van der Waals surface area contributed by atoms with Gasteiger partial charge in [-0.15, -0.1) is 10.2 Å². The van der Waals surface area contributed by atoms with Gasteiger partial charge in [0.05, 0.1) is 6.54 Å². The number of aromatic nitrogens is 3. The molecule has 120 valence electrons. The van der Waals surface area contributed by atoms with Crippen LogP contribution in [0.25, 0.3) is 5.65 Å². The summed E-state index contributed by atoms with van der Waals surface area (Å²) >= 11 is 0. The summed E-state index contributed by atoms with van der Waals surface area (Å²) in [4.78, 5) is 4.27. The zero-order valence-electron chi connectivity index (χ0n) is 13.9. The fraction of sp³-hybridized carbons (Fsp3) is 0.562. The van der Waals surface area contributed by atoms with Crippen LogP contribution >= 0.6 is 0 Å². The van der Waals surface area contributed by atoms with E-state index < -0.39 is 0 Å². The van der Waals surface area contributed by atoms with Crippen LogP contribution in [-0.4, -0.2) is 33.6 Å². The summed E-state index contributed by atoms with van der Waals surface area (Å²) in [5.41, 5.74) is 0.854. The highest BCUT2D eigenvalue weighted by molar-refractivity contribution is 5.79. The first-order valence-electron chi connectivity index (χ1n) is 7.86. The van der Waals surface area contributed by atoms with Crippen molar-refractivity contribution in [1.29, 1.82) is 0 Å². The van der Waals surface area contributed by atoms with E-state index in [-0.39, 0.29) is 0 Å². The van der Waals surface area contributed by atoms with Crippen molar-refractivity contribution in [2.45, 2.75) is 46.2 Å². The normalized spacial score (nSPS) is 13.6. The lowest BCUT2D eigenvalue weighted by Gasteiger charge is -2.18. The van der Waals surface area contributed by atoms with E-state index in [4.69, 9.17) is 0 Å². The Balaban J connectivity index is 1.88. The molecule has 0 aliphatic carbocycles. The van der Waals surface area contributed by atoms with E-state index in [2.05, 4.69) is 46.6 Å². The third kappa shape index (κ3) is 4.44. The van der Waals surface area contributed by atoms with Gasteiger partial charge < -0.3 is 10.6 Å². The van der Waals surface area contributed by atoms with E-state index in [9.17, 15) is 0 Å². The zero-order valence-corrected chi connectivity index (χ0v) is 13.9. The monoisotopic (exact) mass is 302 g/mol. The molecule has 2 heterocycles. The molecule has 0 radical (unpaired) electrons. The summed E-state index contributed by atoms with van der Waals surface area (Å²) in [6.07, 6.45) is 4.31. The molecule has 0 fully saturated rings. The molecule has 0 saturated heterocycles. The number of guanidine groups is 1. The van der Waals surface area contributed by atoms with Gasteiger partial charge in [-0.25, -0.2) is 0 Å². The number of nitrogens with one attached hydrogen (secondary N) is 2. The number of fused-ring (bicyclic) bond motifs is 1. The van der Waals surface area contributed by atoms with Gasteiger partial charge in [0.25, 0.3) is 0 Å². The topological polar surface area (TPSA) is 66.6 Å². The summed E-state index contributed by atoms with van der Waals surface area (Å²) in [5, 5.41) is 15.1. The second-order valence-electron chi connectivity index (χ2n) is 5.99. The Bertz CT molecular complexity index is 616. The minimum Gasteiger partial charge on any atom is -0.354 e. The summed E-state index contributed by atoms with van der Waals surface area (Å²) < 4.78 is 1.97. The summed E-state index contributed by atoms with van der Waals surface area (Å²) in [6, 6.07) is 6.26. The van der Waals surface area contributed by atoms with E-state index in [1.165, 1.54) is 6.42 Å². The van der Waals surface area contributed by atoms with Gasteiger partial charge in [0.15, 0.2) is 17.4 Å². The Morgan fingerprint density at radius 3 is 2.77 bits per heavy atom. The highest BCUT2D eigenvalue weighted by Gasteiger charge is 2.08. The van der Waals surface area contributed by atoms with Crippen molar-refractivity contribution in [2.75, 3.05) is 7.05 Å². The summed E-state index contributed by atoms with van der Waals surface area (Å²) in [7, 11) is 1.78. The lowest BCUT2D eigenvalue weighted by atomic mass is 10.0. The van der Waals surface area contributed by atoms with Gasteiger partial charge in [-0.3, -0.25) is 9.39 Å². The molecule has 0 bridgehead atoms. The molecule has 2 aromatic rings. The number of aliphatic imine (C=N–C) groups is 1. The van der Waals surface area contributed by atoms with Crippen molar-refractivity contribution in [3.05, 3.63) is 30.2 Å². The highest BCUT2D eigenvalue weighted by Crippen LogP contribution is 2.06. The number of hydrogen-bond acceptors (Lipinski definition) is 3. The van der Waals surface area contributed by atoms with Crippen LogP contribution in [0, 0.1) is 5.92 Å². The van der Waals surface area contributed by atoms with Crippen LogP contribution in [0.15, 0.2) is 29.4 Å². The van der Waals surface area contributed by atoms with Crippen LogP contribution < -0.4 is 10.6 Å². The summed E-state index contributed by atoms with van der Waals surface area (Å²) in [6.45, 7) is 7.26. The van der Waals surface area contributed by atoms with Crippen LogP contribution in [0.3, 0.4) is 0 Å². The molecule has 0 aliphatic heterocycles. The first-order valence-corrected chi connectivity index (χ1v) is 7.86. The predicted octanol–water partition coefficient (Wildman–Crippen LogP) is 2.22. The Morgan fingerprint density at radius 1 is 1.23 bits per heavy atom. The van der Waals surface area contributed by atoms with Gasteiger partial charge in [-0.2, -0.15) is 0 Å². The Labute approximate surface area is 132 Å². The Morgan fingerprint density at radius 2 is 2.05 bits per heavy atom. The molecule has 0 saturated carbocycles. The Hall–Kier alpha value is -2.11. The molecular formula is C16H26N6. The van der Waals surface area contributed by atoms with Crippen molar-refractivity contribution < 1.29 is 0 Å². The average Bonchev–Trinajstić information content (AvgIpc) is 2.92. The number of hydrogen-bond donors (Lipinski definition) is 2. The number of nitrogens with zero attached hydrogens (tertiary/aromatic N) is 4. The fourth-order valence-corrected chi connectivity index (χ4v) is 2.26. The van der Waals surface area contributed by atoms with Crippen molar-refractivity contribution in [2.24, 2.45) is 10.9 Å². The maximum atomic E-state index is 4.27. The SMILES string of the molecule is CN=C(NCc1nnc2ccccn12)NC(C)CCC(C)C. The molecule has 0 amide bonds. The maximum absolute atomic E-state index is 4.27. The molecule has 0 aliphatic rings. The lowest BCUT2D eigenvalue weighted by molar-refractivity contribution is 0.489. The maximum Gasteiger partial charge on any atom is 0.191 e. The zero-order chi connectivity index (χ0) is 15.9. The van der Waals surface area contributed by atoms with Crippen LogP contribution in [0.5, 0.6) is 0 Å². The van der Waals surface area contributed by atoms with Crippen LogP contribution in [0.4, 0.5) is 0 Å². The quantitative estimate of drug-likeness (QED) is 0.634. The lowest BCUT2D eigenvalue weighted by Crippen LogP contribution is -2.42. The second kappa shape index (κ2) is 7.77. The van der Waals surface area contributed by atoms with E-state index in [1.54, 1.807) is 7.05 Å². The molecule has 2 rings (SSSR count). The van der Waals surface area contributed by atoms with Gasteiger partial charge >= 0.3 is 0 Å². The average molecular weight is 302 g/mol. The molecule has 6 nitrogen and oxygen atoms in total. The number of rotatable bonds is 6. The van der Waals surface area contributed by atoms with Gasteiger partial charge in [0.1, 0.15) is 0 Å². The minimum atomic E-state index is 0.392. The van der Waals surface area contributed by atoms with E-state index in [0.717, 1.165) is 29.8 Å². The molecule has 1 atom stereocenters. The highest BCUT2D eigenvalue weighted by atomic mass is 15.3. The van der Waals surface area contributed by atoms with Crippen molar-refractivity contribution >= 4 is 11.6 Å². The van der Waals surface area contributed by atoms with Crippen molar-refractivity contribution in [3.8, 4) is 0 Å². The van der Waals surface area contributed by atoms with E-state index >= 15 is 0 Å². The molecule has 22 heavy (non-hydrogen) atoms. The predicted molar refractivity (Wildman–Crippen MR) is 89.9 cm³/mol. The molecule has 0 aromatic carbocycles. The smallest absolute Gasteiger partial charge is 0.191 e. The van der Waals surface area contributed by atoms with E-state index in [1.807, 2.05) is 28.8 Å². The van der Waals surface area contributed by atoms with Gasteiger partial charge in [0, 0.05) is 19.3 Å². The van der Waals surface area contributed by atoms with Gasteiger partial charge in [0.2, 0.25) is 0 Å². The van der Waals surface area contributed by atoms with Crippen LogP contribution in [0.1, 0.15) is 39.4 Å². The first kappa shape index (κ1) is 16.3. The van der Waals surface area contributed by atoms with Crippen molar-refractivity contribution in [1.82, 2.24) is 25.2 Å². The summed E-state index contributed by atoms with van der Waals surface area (Å²) in [5.74, 6) is 2.39. The van der Waals surface area contributed by atoms with Crippen molar-refractivity contribution in [3.63, 3.8) is 0 Å². The molecule has 2 N–H and O–H groups in total. The minimum absolute atomic E-state index is 0.392. The molecule has 0 spiro atoms. The molecule has 2 aromatic heterocycles. The number of pyridine rings is 1. The second-order valence-corrected chi connectivity index (χ2v) is 5.99. The van der Waals surface area contributed by atoms with Gasteiger partial charge in [-0.1, -0.05) is 19.9 Å². The van der Waals surface area contributed by atoms with Gasteiger partial charge in [-0.05, 0) is 37.8 Å². The molecule has 1 unspecified atom stereocenters. The Kier molecular flexibility index (Phi) is 5.75. The van der Waals surface area contributed by atoms with Crippen LogP contribution in [0.2, 0.25) is 0 Å². The fourth-order valence-electron chi connectivity index (χ4n) is 2.26. The van der Waals surface area contributed by atoms with E-state index in [0.29, 0.717) is 12.6 Å². The molecular weight excluding hydrogens is 276 g/mol. The standard InChI is InChI=1S/C16H26N6/c1-12(2)8-9-13(3)19-16(17-4)18-11-15-21-20-14-7-5-6-10-22(14)15/h5-7,10,12-13H,8-9,11H2,1-4H3,(H2,17,18,19). The third-order valence-electron chi connectivity index (χ3n) is 3.58. The third-order valence-corrected chi connectivity index (χ3v) is 3.58. The largest absolute Gasteiger partial charge is 0.354 e. The molecule has 6 heteroatoms.